The molecule has 0 bridgehead atoms. The average Bonchev–Trinajstić information content (AvgIpc) is 2.93. The number of hydrogen-bond donors (Lipinski definition) is 1. The molecule has 4 rings (SSSR count). The minimum absolute atomic E-state index is 0.203. The summed E-state index contributed by atoms with van der Waals surface area (Å²) < 4.78 is 18.5. The Balaban J connectivity index is 1.33. The van der Waals surface area contributed by atoms with Crippen molar-refractivity contribution in [2.24, 2.45) is 5.92 Å². The van der Waals surface area contributed by atoms with Gasteiger partial charge in [0, 0.05) is 50.7 Å². The van der Waals surface area contributed by atoms with E-state index in [0.29, 0.717) is 75.5 Å². The molecule has 0 atom stereocenters. The average molecular weight is 511 g/mol. The van der Waals surface area contributed by atoms with Crippen LogP contribution in [0.4, 0.5) is 14.9 Å². The molecule has 196 valence electrons. The summed E-state index contributed by atoms with van der Waals surface area (Å²) in [5.41, 5.74) is 1.11. The van der Waals surface area contributed by atoms with Crippen molar-refractivity contribution in [3.63, 3.8) is 0 Å². The van der Waals surface area contributed by atoms with Gasteiger partial charge >= 0.3 is 6.09 Å². The summed E-state index contributed by atoms with van der Waals surface area (Å²) in [5.74, 6) is -1.44. The van der Waals surface area contributed by atoms with E-state index in [4.69, 9.17) is 4.74 Å². The highest BCUT2D eigenvalue weighted by molar-refractivity contribution is 6.04. The summed E-state index contributed by atoms with van der Waals surface area (Å²) in [6.45, 7) is 4.33. The Morgan fingerprint density at radius 3 is 2.19 bits per heavy atom. The van der Waals surface area contributed by atoms with Crippen LogP contribution < -0.4 is 5.32 Å². The van der Waals surface area contributed by atoms with Gasteiger partial charge in [0.25, 0.3) is 11.8 Å². The largest absolute Gasteiger partial charge is 0.450 e. The lowest BCUT2D eigenvalue weighted by molar-refractivity contribution is -0.121. The number of halogens is 1. The fourth-order valence-electron chi connectivity index (χ4n) is 4.64. The van der Waals surface area contributed by atoms with Gasteiger partial charge in [0.1, 0.15) is 5.82 Å². The molecule has 2 heterocycles. The minimum atomic E-state index is -0.464. The van der Waals surface area contributed by atoms with Crippen LogP contribution in [0.25, 0.3) is 0 Å². The van der Waals surface area contributed by atoms with Gasteiger partial charge < -0.3 is 24.8 Å². The topological polar surface area (TPSA) is 99.3 Å². The number of anilines is 1. The number of piperidine rings is 1. The van der Waals surface area contributed by atoms with Crippen LogP contribution in [-0.2, 0) is 9.53 Å². The highest BCUT2D eigenvalue weighted by Gasteiger charge is 2.30. The summed E-state index contributed by atoms with van der Waals surface area (Å²) in [6.07, 6.45) is 0.559. The summed E-state index contributed by atoms with van der Waals surface area (Å²) in [7, 11) is 0. The maximum Gasteiger partial charge on any atom is 0.409 e. The van der Waals surface area contributed by atoms with Crippen LogP contribution in [0.15, 0.2) is 48.5 Å². The summed E-state index contributed by atoms with van der Waals surface area (Å²) in [5, 5.41) is 2.90. The fraction of sp³-hybridized carbons (Fsp3) is 0.407. The maximum atomic E-state index is 13.5. The molecular formula is C27H31FN4O5. The van der Waals surface area contributed by atoms with Crippen molar-refractivity contribution in [1.29, 1.82) is 0 Å². The van der Waals surface area contributed by atoms with Crippen LogP contribution in [0.3, 0.4) is 0 Å². The highest BCUT2D eigenvalue weighted by Crippen LogP contribution is 2.24. The van der Waals surface area contributed by atoms with Crippen LogP contribution in [0.5, 0.6) is 0 Å². The molecule has 0 aromatic heterocycles. The molecule has 2 aromatic rings. The number of nitrogens with zero attached hydrogens (tertiary/aromatic N) is 3. The first kappa shape index (κ1) is 26.1. The van der Waals surface area contributed by atoms with E-state index < -0.39 is 5.82 Å². The van der Waals surface area contributed by atoms with Gasteiger partial charge in [0.05, 0.1) is 17.9 Å². The van der Waals surface area contributed by atoms with Crippen LogP contribution in [0.1, 0.15) is 40.5 Å². The van der Waals surface area contributed by atoms with E-state index in [1.165, 1.54) is 18.2 Å². The smallest absolute Gasteiger partial charge is 0.409 e. The molecular weight excluding hydrogens is 479 g/mol. The molecule has 1 N–H and O–H groups in total. The van der Waals surface area contributed by atoms with Crippen molar-refractivity contribution in [3.8, 4) is 0 Å². The Hall–Kier alpha value is -3.95. The highest BCUT2D eigenvalue weighted by atomic mass is 19.1. The lowest BCUT2D eigenvalue weighted by Crippen LogP contribution is -2.50. The van der Waals surface area contributed by atoms with Gasteiger partial charge in [-0.1, -0.05) is 18.2 Å². The summed E-state index contributed by atoms with van der Waals surface area (Å²) in [4.78, 5) is 55.7. The van der Waals surface area contributed by atoms with Crippen LogP contribution in [0, 0.1) is 11.7 Å². The second-order valence-corrected chi connectivity index (χ2v) is 9.09. The number of piperazine rings is 1. The van der Waals surface area contributed by atoms with E-state index in [2.05, 4.69) is 5.32 Å². The van der Waals surface area contributed by atoms with Crippen molar-refractivity contribution in [3.05, 3.63) is 65.5 Å². The molecule has 0 aliphatic carbocycles. The van der Waals surface area contributed by atoms with Gasteiger partial charge in [-0.05, 0) is 50.1 Å². The quantitative estimate of drug-likeness (QED) is 0.666. The van der Waals surface area contributed by atoms with Crippen molar-refractivity contribution in [2.75, 3.05) is 51.2 Å². The van der Waals surface area contributed by atoms with Gasteiger partial charge in [-0.3, -0.25) is 14.4 Å². The van der Waals surface area contributed by atoms with Crippen LogP contribution >= 0.6 is 0 Å². The normalized spacial score (nSPS) is 16.3. The second kappa shape index (κ2) is 11.9. The third-order valence-corrected chi connectivity index (χ3v) is 6.73. The molecule has 2 aliphatic heterocycles. The maximum absolute atomic E-state index is 13.5. The number of ether oxygens (including phenoxy) is 1. The SMILES string of the molecule is CCOC(=O)N1CCN(C(=O)c2ccccc2NC(=O)C2CCN(C(=O)c3cccc(F)c3)CC2)CC1. The summed E-state index contributed by atoms with van der Waals surface area (Å²) >= 11 is 0. The number of hydrogen-bond acceptors (Lipinski definition) is 5. The number of nitrogens with one attached hydrogen (secondary N) is 1. The lowest BCUT2D eigenvalue weighted by atomic mass is 9.95. The third kappa shape index (κ3) is 6.25. The molecule has 0 spiro atoms. The predicted octanol–water partition coefficient (Wildman–Crippen LogP) is 3.23. The Bertz CT molecular complexity index is 1160. The third-order valence-electron chi connectivity index (χ3n) is 6.73. The monoisotopic (exact) mass is 510 g/mol. The van der Waals surface area contributed by atoms with Gasteiger partial charge in [-0.25, -0.2) is 9.18 Å². The zero-order valence-corrected chi connectivity index (χ0v) is 20.8. The number of para-hydroxylation sites is 1. The number of amides is 4. The van der Waals surface area contributed by atoms with Crippen molar-refractivity contribution in [2.45, 2.75) is 19.8 Å². The van der Waals surface area contributed by atoms with Crippen molar-refractivity contribution in [1.82, 2.24) is 14.7 Å². The van der Waals surface area contributed by atoms with E-state index in [9.17, 15) is 23.6 Å². The number of rotatable bonds is 5. The van der Waals surface area contributed by atoms with Crippen molar-refractivity contribution >= 4 is 29.5 Å². The van der Waals surface area contributed by atoms with Crippen LogP contribution in [-0.4, -0.2) is 84.4 Å². The van der Waals surface area contributed by atoms with Gasteiger partial charge in [-0.15, -0.1) is 0 Å². The number of likely N-dealkylation sites (tertiary alicyclic amines) is 1. The first-order valence-corrected chi connectivity index (χ1v) is 12.5. The molecule has 0 radical (unpaired) electrons. The van der Waals surface area contributed by atoms with Gasteiger partial charge in [0.15, 0.2) is 0 Å². The zero-order valence-electron chi connectivity index (χ0n) is 20.8. The molecule has 37 heavy (non-hydrogen) atoms. The molecule has 2 aliphatic rings. The van der Waals surface area contributed by atoms with E-state index in [1.807, 2.05) is 0 Å². The Morgan fingerprint density at radius 1 is 0.865 bits per heavy atom. The molecule has 0 saturated carbocycles. The van der Waals surface area contributed by atoms with Gasteiger partial charge in [-0.2, -0.15) is 0 Å². The molecule has 10 heteroatoms. The first-order valence-electron chi connectivity index (χ1n) is 12.5. The minimum Gasteiger partial charge on any atom is -0.450 e. The molecule has 2 fully saturated rings. The van der Waals surface area contributed by atoms with E-state index in [0.717, 1.165) is 0 Å². The fourth-order valence-corrected chi connectivity index (χ4v) is 4.64. The van der Waals surface area contributed by atoms with Crippen LogP contribution in [0.2, 0.25) is 0 Å². The molecule has 9 nitrogen and oxygen atoms in total. The standard InChI is InChI=1S/C27H31FN4O5/c1-2-37-27(36)32-16-14-31(15-17-32)26(35)22-8-3-4-9-23(22)29-24(33)19-10-12-30(13-11-19)25(34)20-6-5-7-21(28)18-20/h3-9,18-19H,2,10-17H2,1H3,(H,29,33). The second-order valence-electron chi connectivity index (χ2n) is 9.09. The summed E-state index contributed by atoms with van der Waals surface area (Å²) in [6, 6.07) is 12.5. The van der Waals surface area contributed by atoms with E-state index in [1.54, 1.807) is 52.0 Å². The van der Waals surface area contributed by atoms with E-state index >= 15 is 0 Å². The molecule has 0 unspecified atom stereocenters. The zero-order chi connectivity index (χ0) is 26.4. The first-order chi connectivity index (χ1) is 17.9. The lowest BCUT2D eigenvalue weighted by Gasteiger charge is -2.34. The van der Waals surface area contributed by atoms with E-state index in [-0.39, 0.29) is 29.7 Å². The van der Waals surface area contributed by atoms with Crippen molar-refractivity contribution < 1.29 is 28.3 Å². The molecule has 2 saturated heterocycles. The molecule has 4 amide bonds. The Labute approximate surface area is 215 Å². The predicted molar refractivity (Wildman–Crippen MR) is 135 cm³/mol. The molecule has 2 aromatic carbocycles. The number of benzene rings is 2. The Morgan fingerprint density at radius 2 is 1.51 bits per heavy atom. The number of carbonyl (C=O) groups is 4. The number of carbonyl (C=O) groups excluding carboxylic acids is 4. The Kier molecular flexibility index (Phi) is 8.37. The van der Waals surface area contributed by atoms with Gasteiger partial charge in [0.2, 0.25) is 5.91 Å².